The van der Waals surface area contributed by atoms with E-state index >= 15 is 0 Å². The lowest BCUT2D eigenvalue weighted by Gasteiger charge is -2.35. The molecule has 15 heavy (non-hydrogen) atoms. The van der Waals surface area contributed by atoms with E-state index < -0.39 is 0 Å². The Morgan fingerprint density at radius 2 is 1.80 bits per heavy atom. The maximum atomic E-state index is 5.74. The van der Waals surface area contributed by atoms with Crippen molar-refractivity contribution in [2.24, 2.45) is 17.6 Å². The Balaban J connectivity index is 2.10. The molecule has 1 saturated heterocycles. The second kappa shape index (κ2) is 6.49. The van der Waals surface area contributed by atoms with Crippen LogP contribution in [0.5, 0.6) is 0 Å². The van der Waals surface area contributed by atoms with Crippen LogP contribution in [0.25, 0.3) is 0 Å². The molecule has 0 aliphatic carbocycles. The molecular weight excluding hydrogens is 184 g/mol. The number of unbranched alkanes of at least 4 members (excludes halogenated alkanes) is 1. The minimum absolute atomic E-state index is 0.379. The maximum absolute atomic E-state index is 5.74. The smallest absolute Gasteiger partial charge is 0.00104 e. The van der Waals surface area contributed by atoms with Crippen molar-refractivity contribution < 1.29 is 0 Å². The molecule has 1 heterocycles. The Labute approximate surface area is 95.2 Å². The molecule has 0 spiro atoms. The third-order valence-electron chi connectivity index (χ3n) is 3.33. The molecule has 3 unspecified atom stereocenters. The number of rotatable bonds is 5. The van der Waals surface area contributed by atoms with Crippen molar-refractivity contribution in [1.29, 1.82) is 0 Å². The molecule has 0 bridgehead atoms. The van der Waals surface area contributed by atoms with E-state index in [0.29, 0.717) is 6.04 Å². The molecule has 1 aliphatic rings. The van der Waals surface area contributed by atoms with Crippen molar-refractivity contribution in [3.8, 4) is 0 Å². The highest BCUT2D eigenvalue weighted by atomic mass is 15.1. The predicted octanol–water partition coefficient (Wildman–Crippen LogP) is 2.48. The first-order chi connectivity index (χ1) is 7.08. The lowest BCUT2D eigenvalue weighted by atomic mass is 9.92. The van der Waals surface area contributed by atoms with Gasteiger partial charge in [0, 0.05) is 19.1 Å². The Bertz CT molecular complexity index is 158. The van der Waals surface area contributed by atoms with Crippen LogP contribution in [0, 0.1) is 11.8 Å². The summed E-state index contributed by atoms with van der Waals surface area (Å²) in [5, 5.41) is 0. The fourth-order valence-corrected chi connectivity index (χ4v) is 2.78. The maximum Gasteiger partial charge on any atom is 0.00104 e. The summed E-state index contributed by atoms with van der Waals surface area (Å²) in [7, 11) is 0. The van der Waals surface area contributed by atoms with Gasteiger partial charge in [-0.15, -0.1) is 0 Å². The van der Waals surface area contributed by atoms with E-state index in [-0.39, 0.29) is 0 Å². The van der Waals surface area contributed by atoms with Gasteiger partial charge in [-0.2, -0.15) is 0 Å². The molecule has 0 aromatic heterocycles. The molecule has 1 aliphatic heterocycles. The molecule has 1 fully saturated rings. The van der Waals surface area contributed by atoms with Crippen LogP contribution in [0.3, 0.4) is 0 Å². The Kier molecular flexibility index (Phi) is 5.62. The lowest BCUT2D eigenvalue weighted by Crippen LogP contribution is -2.39. The van der Waals surface area contributed by atoms with Gasteiger partial charge in [0.05, 0.1) is 0 Å². The van der Waals surface area contributed by atoms with E-state index in [4.69, 9.17) is 5.73 Å². The molecule has 2 N–H and O–H groups in total. The summed E-state index contributed by atoms with van der Waals surface area (Å²) in [6, 6.07) is 0.379. The Morgan fingerprint density at radius 3 is 2.33 bits per heavy atom. The first-order valence-electron chi connectivity index (χ1n) is 6.56. The fraction of sp³-hybridized carbons (Fsp3) is 1.00. The topological polar surface area (TPSA) is 29.3 Å². The normalized spacial score (nSPS) is 30.4. The molecule has 0 radical (unpaired) electrons. The SMILES string of the molecule is CC(N)CCCCN1CC(C)CC(C)C1. The fourth-order valence-electron chi connectivity index (χ4n) is 2.78. The number of hydrogen-bond donors (Lipinski definition) is 1. The quantitative estimate of drug-likeness (QED) is 0.709. The molecule has 2 heteroatoms. The summed E-state index contributed by atoms with van der Waals surface area (Å²) in [6.45, 7) is 10.8. The Morgan fingerprint density at radius 1 is 1.20 bits per heavy atom. The highest BCUT2D eigenvalue weighted by Gasteiger charge is 2.20. The van der Waals surface area contributed by atoms with Gasteiger partial charge in [-0.3, -0.25) is 0 Å². The van der Waals surface area contributed by atoms with Crippen LogP contribution >= 0.6 is 0 Å². The van der Waals surface area contributed by atoms with Crippen LogP contribution in [-0.4, -0.2) is 30.6 Å². The third-order valence-corrected chi connectivity index (χ3v) is 3.33. The standard InChI is InChI=1S/C13H28N2/c1-11-8-12(2)10-15(9-11)7-5-4-6-13(3)14/h11-13H,4-10,14H2,1-3H3. The van der Waals surface area contributed by atoms with Crippen LogP contribution in [-0.2, 0) is 0 Å². The second-order valence-electron chi connectivity index (χ2n) is 5.68. The summed E-state index contributed by atoms with van der Waals surface area (Å²) >= 11 is 0. The van der Waals surface area contributed by atoms with Crippen molar-refractivity contribution >= 4 is 0 Å². The molecule has 1 rings (SSSR count). The Hall–Kier alpha value is -0.0800. The second-order valence-corrected chi connectivity index (χ2v) is 5.68. The first kappa shape index (κ1) is 13.0. The van der Waals surface area contributed by atoms with Crippen LogP contribution in [0.2, 0.25) is 0 Å². The largest absolute Gasteiger partial charge is 0.328 e. The molecule has 0 aromatic rings. The summed E-state index contributed by atoms with van der Waals surface area (Å²) in [5.41, 5.74) is 5.74. The number of piperidine rings is 1. The highest BCUT2D eigenvalue weighted by Crippen LogP contribution is 2.21. The van der Waals surface area contributed by atoms with E-state index in [1.807, 2.05) is 0 Å². The van der Waals surface area contributed by atoms with Gasteiger partial charge >= 0.3 is 0 Å². The van der Waals surface area contributed by atoms with Gasteiger partial charge < -0.3 is 10.6 Å². The first-order valence-corrected chi connectivity index (χ1v) is 6.56. The van der Waals surface area contributed by atoms with Crippen LogP contribution in [0.4, 0.5) is 0 Å². The van der Waals surface area contributed by atoms with E-state index in [2.05, 4.69) is 25.7 Å². The number of nitrogens with zero attached hydrogens (tertiary/aromatic N) is 1. The van der Waals surface area contributed by atoms with Gasteiger partial charge in [-0.05, 0) is 44.6 Å². The molecule has 3 atom stereocenters. The van der Waals surface area contributed by atoms with E-state index in [9.17, 15) is 0 Å². The van der Waals surface area contributed by atoms with E-state index in [0.717, 1.165) is 11.8 Å². The van der Waals surface area contributed by atoms with Gasteiger partial charge in [0.25, 0.3) is 0 Å². The van der Waals surface area contributed by atoms with Gasteiger partial charge in [-0.25, -0.2) is 0 Å². The van der Waals surface area contributed by atoms with Gasteiger partial charge in [0.2, 0.25) is 0 Å². The minimum atomic E-state index is 0.379. The van der Waals surface area contributed by atoms with E-state index in [1.54, 1.807) is 0 Å². The summed E-state index contributed by atoms with van der Waals surface area (Å²) in [4.78, 5) is 2.64. The molecule has 0 amide bonds. The number of hydrogen-bond acceptors (Lipinski definition) is 2. The summed E-state index contributed by atoms with van der Waals surface area (Å²) < 4.78 is 0. The monoisotopic (exact) mass is 212 g/mol. The van der Waals surface area contributed by atoms with Crippen LogP contribution in [0.15, 0.2) is 0 Å². The molecule has 0 saturated carbocycles. The van der Waals surface area contributed by atoms with Crippen molar-refractivity contribution in [3.63, 3.8) is 0 Å². The van der Waals surface area contributed by atoms with Crippen molar-refractivity contribution in [2.45, 2.75) is 52.5 Å². The zero-order chi connectivity index (χ0) is 11.3. The van der Waals surface area contributed by atoms with Gasteiger partial charge in [-0.1, -0.05) is 20.3 Å². The average molecular weight is 212 g/mol. The predicted molar refractivity (Wildman–Crippen MR) is 66.9 cm³/mol. The zero-order valence-electron chi connectivity index (χ0n) is 10.7. The van der Waals surface area contributed by atoms with Gasteiger partial charge in [0.15, 0.2) is 0 Å². The number of nitrogens with two attached hydrogens (primary N) is 1. The summed E-state index contributed by atoms with van der Waals surface area (Å²) in [6.07, 6.45) is 5.20. The molecule has 2 nitrogen and oxygen atoms in total. The van der Waals surface area contributed by atoms with Gasteiger partial charge in [0.1, 0.15) is 0 Å². The van der Waals surface area contributed by atoms with Crippen LogP contribution < -0.4 is 5.73 Å². The van der Waals surface area contributed by atoms with Crippen molar-refractivity contribution in [2.75, 3.05) is 19.6 Å². The zero-order valence-corrected chi connectivity index (χ0v) is 10.7. The molecule has 90 valence electrons. The minimum Gasteiger partial charge on any atom is -0.328 e. The lowest BCUT2D eigenvalue weighted by molar-refractivity contribution is 0.138. The van der Waals surface area contributed by atoms with E-state index in [1.165, 1.54) is 45.3 Å². The number of likely N-dealkylation sites (tertiary alicyclic amines) is 1. The third kappa shape index (κ3) is 5.53. The molecule has 0 aromatic carbocycles. The summed E-state index contributed by atoms with van der Waals surface area (Å²) in [5.74, 6) is 1.78. The molecular formula is C13H28N2. The van der Waals surface area contributed by atoms with Crippen molar-refractivity contribution in [1.82, 2.24) is 4.90 Å². The van der Waals surface area contributed by atoms with Crippen LogP contribution in [0.1, 0.15) is 46.5 Å². The van der Waals surface area contributed by atoms with Crippen molar-refractivity contribution in [3.05, 3.63) is 0 Å². The average Bonchev–Trinajstić information content (AvgIpc) is 2.10. The highest BCUT2D eigenvalue weighted by molar-refractivity contribution is 4.74.